The van der Waals surface area contributed by atoms with Crippen molar-refractivity contribution in [3.8, 4) is 0 Å². The van der Waals surface area contributed by atoms with Crippen molar-refractivity contribution in [2.24, 2.45) is 0 Å². The zero-order chi connectivity index (χ0) is 21.2. The standard InChI is InChI=1S/C23H26N6O2/c30-22(19-6-4-18(5-7-19)16-26-10-8-24-17-26)27-11-13-28(14-12-27)23(31)20-15-25-29-9-2-1-3-21(20)29/h4-8,10,15,17H,1-3,9,11-14,16H2. The maximum atomic E-state index is 13.0. The van der Waals surface area contributed by atoms with E-state index < -0.39 is 0 Å². The average molecular weight is 419 g/mol. The van der Waals surface area contributed by atoms with Gasteiger partial charge in [0.15, 0.2) is 0 Å². The van der Waals surface area contributed by atoms with Crippen molar-refractivity contribution in [1.29, 1.82) is 0 Å². The molecule has 0 aliphatic carbocycles. The van der Waals surface area contributed by atoms with Gasteiger partial charge in [0.05, 0.1) is 23.8 Å². The fourth-order valence-corrected chi connectivity index (χ4v) is 4.41. The van der Waals surface area contributed by atoms with Gasteiger partial charge in [-0.3, -0.25) is 14.3 Å². The number of carbonyl (C=O) groups is 2. The third-order valence-corrected chi connectivity index (χ3v) is 6.19. The van der Waals surface area contributed by atoms with Crippen molar-refractivity contribution >= 4 is 11.8 Å². The number of hydrogen-bond acceptors (Lipinski definition) is 4. The lowest BCUT2D eigenvalue weighted by Gasteiger charge is -2.35. The van der Waals surface area contributed by atoms with Gasteiger partial charge in [-0.1, -0.05) is 12.1 Å². The lowest BCUT2D eigenvalue weighted by atomic mass is 10.1. The first kappa shape index (κ1) is 19.5. The van der Waals surface area contributed by atoms with Crippen LogP contribution in [-0.4, -0.2) is 67.1 Å². The molecule has 0 atom stereocenters. The summed E-state index contributed by atoms with van der Waals surface area (Å²) in [6.07, 6.45) is 10.3. The van der Waals surface area contributed by atoms with E-state index in [9.17, 15) is 9.59 Å². The van der Waals surface area contributed by atoms with Gasteiger partial charge in [0.1, 0.15) is 0 Å². The second kappa shape index (κ2) is 8.37. The zero-order valence-electron chi connectivity index (χ0n) is 17.5. The number of fused-ring (bicyclic) bond motifs is 1. The van der Waals surface area contributed by atoms with Crippen molar-refractivity contribution in [2.75, 3.05) is 26.2 Å². The monoisotopic (exact) mass is 418 g/mol. The summed E-state index contributed by atoms with van der Waals surface area (Å²) in [7, 11) is 0. The normalized spacial score (nSPS) is 16.3. The number of carbonyl (C=O) groups excluding carboxylic acids is 2. The fraction of sp³-hybridized carbons (Fsp3) is 0.391. The van der Waals surface area contributed by atoms with E-state index in [2.05, 4.69) is 10.1 Å². The maximum absolute atomic E-state index is 13.0. The van der Waals surface area contributed by atoms with Crippen LogP contribution in [0.4, 0.5) is 0 Å². The Labute approximate surface area is 181 Å². The van der Waals surface area contributed by atoms with Crippen LogP contribution in [0.2, 0.25) is 0 Å². The molecule has 1 saturated heterocycles. The molecule has 0 saturated carbocycles. The van der Waals surface area contributed by atoms with Gasteiger partial charge in [-0.2, -0.15) is 5.10 Å². The molecule has 8 heteroatoms. The highest BCUT2D eigenvalue weighted by Crippen LogP contribution is 2.20. The molecule has 2 aromatic heterocycles. The molecule has 0 spiro atoms. The molecule has 2 aliphatic heterocycles. The Balaban J connectivity index is 1.19. The number of amides is 2. The molecule has 3 aromatic rings. The molecule has 2 amide bonds. The second-order valence-corrected chi connectivity index (χ2v) is 8.20. The summed E-state index contributed by atoms with van der Waals surface area (Å²) < 4.78 is 3.96. The lowest BCUT2D eigenvalue weighted by Crippen LogP contribution is -2.50. The molecular formula is C23H26N6O2. The minimum absolute atomic E-state index is 0.0178. The van der Waals surface area contributed by atoms with E-state index in [0.29, 0.717) is 31.7 Å². The highest BCUT2D eigenvalue weighted by Gasteiger charge is 2.28. The fourth-order valence-electron chi connectivity index (χ4n) is 4.41. The van der Waals surface area contributed by atoms with E-state index in [1.165, 1.54) is 0 Å². The Bertz CT molecular complexity index is 1060. The molecule has 2 aliphatic rings. The number of piperazine rings is 1. The minimum atomic E-state index is 0.0178. The summed E-state index contributed by atoms with van der Waals surface area (Å²) in [5.41, 5.74) is 3.59. The van der Waals surface area contributed by atoms with Gasteiger partial charge in [0, 0.05) is 57.2 Å². The van der Waals surface area contributed by atoms with E-state index >= 15 is 0 Å². The summed E-state index contributed by atoms with van der Waals surface area (Å²) in [5.74, 6) is 0.0586. The van der Waals surface area contributed by atoms with Crippen molar-refractivity contribution in [3.05, 3.63) is 71.6 Å². The number of aromatic nitrogens is 4. The molecule has 4 heterocycles. The van der Waals surface area contributed by atoms with Crippen LogP contribution in [0, 0.1) is 0 Å². The summed E-state index contributed by atoms with van der Waals surface area (Å²) in [5, 5.41) is 4.39. The summed E-state index contributed by atoms with van der Waals surface area (Å²) in [6.45, 7) is 3.82. The van der Waals surface area contributed by atoms with Crippen LogP contribution < -0.4 is 0 Å². The Hall–Kier alpha value is -3.42. The molecule has 1 fully saturated rings. The molecule has 0 radical (unpaired) electrons. The molecule has 8 nitrogen and oxygen atoms in total. The van der Waals surface area contributed by atoms with E-state index in [0.717, 1.165) is 49.2 Å². The topological polar surface area (TPSA) is 76.3 Å². The predicted octanol–water partition coefficient (Wildman–Crippen LogP) is 2.06. The third kappa shape index (κ3) is 3.97. The quantitative estimate of drug-likeness (QED) is 0.650. The zero-order valence-corrected chi connectivity index (χ0v) is 17.5. The van der Waals surface area contributed by atoms with Crippen molar-refractivity contribution in [2.45, 2.75) is 32.4 Å². The highest BCUT2D eigenvalue weighted by molar-refractivity contribution is 5.96. The first-order valence-corrected chi connectivity index (χ1v) is 10.9. The number of nitrogens with zero attached hydrogens (tertiary/aromatic N) is 6. The number of imidazole rings is 1. The van der Waals surface area contributed by atoms with Gasteiger partial charge < -0.3 is 14.4 Å². The van der Waals surface area contributed by atoms with Gasteiger partial charge in [0.25, 0.3) is 11.8 Å². The van der Waals surface area contributed by atoms with Crippen LogP contribution >= 0.6 is 0 Å². The van der Waals surface area contributed by atoms with Crippen LogP contribution in [0.3, 0.4) is 0 Å². The van der Waals surface area contributed by atoms with E-state index in [1.54, 1.807) is 18.7 Å². The largest absolute Gasteiger partial charge is 0.335 e. The van der Waals surface area contributed by atoms with E-state index in [4.69, 9.17) is 0 Å². The van der Waals surface area contributed by atoms with E-state index in [1.807, 2.05) is 49.5 Å². The molecule has 0 N–H and O–H groups in total. The van der Waals surface area contributed by atoms with Gasteiger partial charge >= 0.3 is 0 Å². The minimum Gasteiger partial charge on any atom is -0.335 e. The summed E-state index contributed by atoms with van der Waals surface area (Å²) in [6, 6.07) is 7.73. The molecular weight excluding hydrogens is 392 g/mol. The summed E-state index contributed by atoms with van der Waals surface area (Å²) in [4.78, 5) is 33.7. The third-order valence-electron chi connectivity index (χ3n) is 6.19. The van der Waals surface area contributed by atoms with Crippen LogP contribution in [-0.2, 0) is 19.5 Å². The first-order valence-electron chi connectivity index (χ1n) is 10.9. The lowest BCUT2D eigenvalue weighted by molar-refractivity contribution is 0.0534. The van der Waals surface area contributed by atoms with Crippen molar-refractivity contribution < 1.29 is 9.59 Å². The molecule has 5 rings (SSSR count). The Morgan fingerprint density at radius 3 is 2.35 bits per heavy atom. The molecule has 0 bridgehead atoms. The predicted molar refractivity (Wildman–Crippen MR) is 115 cm³/mol. The number of benzene rings is 1. The van der Waals surface area contributed by atoms with Gasteiger partial charge in [-0.15, -0.1) is 0 Å². The van der Waals surface area contributed by atoms with Crippen LogP contribution in [0.25, 0.3) is 0 Å². The van der Waals surface area contributed by atoms with Gasteiger partial charge in [-0.25, -0.2) is 4.98 Å². The number of aryl methyl sites for hydroxylation is 1. The van der Waals surface area contributed by atoms with Crippen molar-refractivity contribution in [3.63, 3.8) is 0 Å². The van der Waals surface area contributed by atoms with Crippen LogP contribution in [0.1, 0.15) is 44.8 Å². The van der Waals surface area contributed by atoms with Crippen LogP contribution in [0.15, 0.2) is 49.2 Å². The van der Waals surface area contributed by atoms with Gasteiger partial charge in [-0.05, 0) is 37.0 Å². The SMILES string of the molecule is O=C(c1ccc(Cn2ccnc2)cc1)N1CCN(C(=O)c2cnn3c2CCCC3)CC1. The average Bonchev–Trinajstić information content (AvgIpc) is 3.49. The second-order valence-electron chi connectivity index (χ2n) is 8.20. The number of rotatable bonds is 4. The van der Waals surface area contributed by atoms with Gasteiger partial charge in [0.2, 0.25) is 0 Å². The molecule has 1 aromatic carbocycles. The Morgan fingerprint density at radius 1 is 0.903 bits per heavy atom. The molecule has 160 valence electrons. The van der Waals surface area contributed by atoms with Crippen LogP contribution in [0.5, 0.6) is 0 Å². The maximum Gasteiger partial charge on any atom is 0.257 e. The Morgan fingerprint density at radius 2 is 1.65 bits per heavy atom. The Kier molecular flexibility index (Phi) is 5.28. The first-order chi connectivity index (χ1) is 15.2. The van der Waals surface area contributed by atoms with E-state index in [-0.39, 0.29) is 11.8 Å². The highest BCUT2D eigenvalue weighted by atomic mass is 16.2. The smallest absolute Gasteiger partial charge is 0.257 e. The molecule has 31 heavy (non-hydrogen) atoms. The van der Waals surface area contributed by atoms with Crippen molar-refractivity contribution in [1.82, 2.24) is 29.1 Å². The molecule has 0 unspecified atom stereocenters. The number of hydrogen-bond donors (Lipinski definition) is 0. The summed E-state index contributed by atoms with van der Waals surface area (Å²) >= 11 is 0.